The van der Waals surface area contributed by atoms with Gasteiger partial charge < -0.3 is 5.21 Å². The largest absolute Gasteiger partial charge is 0.598 e. The second-order valence-electron chi connectivity index (χ2n) is 3.02. The number of hydrogen-bond acceptors (Lipinski definition) is 2. The van der Waals surface area contributed by atoms with E-state index in [2.05, 4.69) is 0 Å². The molecule has 64 valence electrons. The predicted octanol–water partition coefficient (Wildman–Crippen LogP) is 1.45. The van der Waals surface area contributed by atoms with Gasteiger partial charge in [0, 0.05) is 0 Å². The molecule has 0 unspecified atom stereocenters. The molecule has 3 nitrogen and oxygen atoms in total. The summed E-state index contributed by atoms with van der Waals surface area (Å²) in [5, 5.41) is 11.1. The molecule has 2 rings (SSSR count). The molecular weight excluding hydrogens is 154 g/mol. The Bertz CT molecular complexity index is 256. The number of hydroxylamine groups is 4. The lowest BCUT2D eigenvalue weighted by Gasteiger charge is -2.18. The minimum absolute atomic E-state index is 0.421. The molecule has 1 aromatic rings. The molecular formula is C9H11NO2. The molecule has 0 bridgehead atoms. The first-order valence-electron chi connectivity index (χ1n) is 4.05. The van der Waals surface area contributed by atoms with E-state index in [0.29, 0.717) is 19.7 Å². The van der Waals surface area contributed by atoms with E-state index in [9.17, 15) is 5.21 Å². The van der Waals surface area contributed by atoms with Gasteiger partial charge in [0.2, 0.25) is 0 Å². The quantitative estimate of drug-likeness (QED) is 0.385. The molecule has 0 aromatic heterocycles. The van der Waals surface area contributed by atoms with Crippen molar-refractivity contribution in [1.29, 1.82) is 0 Å². The van der Waals surface area contributed by atoms with E-state index < -0.39 is 4.81 Å². The van der Waals surface area contributed by atoms with E-state index in [4.69, 9.17) is 4.84 Å². The van der Waals surface area contributed by atoms with Gasteiger partial charge in [0.15, 0.2) is 13.1 Å². The zero-order valence-electron chi connectivity index (χ0n) is 6.77. The van der Waals surface area contributed by atoms with Gasteiger partial charge in [-0.2, -0.15) is 4.84 Å². The van der Waals surface area contributed by atoms with Crippen molar-refractivity contribution in [2.75, 3.05) is 13.1 Å². The first kappa shape index (κ1) is 7.73. The van der Waals surface area contributed by atoms with Crippen LogP contribution in [0.4, 0.5) is 0 Å². The molecule has 0 spiro atoms. The summed E-state index contributed by atoms with van der Waals surface area (Å²) in [6.07, 6.45) is 0. The van der Waals surface area contributed by atoms with E-state index in [1.165, 1.54) is 0 Å². The predicted molar refractivity (Wildman–Crippen MR) is 44.6 cm³/mol. The third-order valence-corrected chi connectivity index (χ3v) is 1.90. The van der Waals surface area contributed by atoms with Crippen LogP contribution < -0.4 is 0 Å². The van der Waals surface area contributed by atoms with Crippen molar-refractivity contribution >= 4 is 0 Å². The highest BCUT2D eigenvalue weighted by atomic mass is 16.9. The number of rotatable bonds is 3. The molecule has 0 N–H and O–H groups in total. The van der Waals surface area contributed by atoms with Gasteiger partial charge in [0.05, 0.1) is 0 Å². The third kappa shape index (κ3) is 1.82. The molecule has 0 saturated carbocycles. The number of quaternary nitrogens is 1. The van der Waals surface area contributed by atoms with E-state index in [1.54, 1.807) is 0 Å². The van der Waals surface area contributed by atoms with Gasteiger partial charge in [-0.05, 0) is 5.56 Å². The Kier molecular flexibility index (Phi) is 1.84. The molecule has 1 aliphatic heterocycles. The maximum atomic E-state index is 11.1. The van der Waals surface area contributed by atoms with Crippen LogP contribution in [0.1, 0.15) is 5.56 Å². The summed E-state index contributed by atoms with van der Waals surface area (Å²) >= 11 is 0. The van der Waals surface area contributed by atoms with Crippen LogP contribution in [-0.2, 0) is 11.4 Å². The summed E-state index contributed by atoms with van der Waals surface area (Å²) in [7, 11) is 0. The smallest absolute Gasteiger partial charge is 0.161 e. The first-order valence-corrected chi connectivity index (χ1v) is 4.05. The fraction of sp³-hybridized carbons (Fsp3) is 0.333. The molecule has 1 saturated heterocycles. The lowest BCUT2D eigenvalue weighted by Crippen LogP contribution is -2.17. The lowest BCUT2D eigenvalue weighted by molar-refractivity contribution is -0.967. The van der Waals surface area contributed by atoms with Crippen LogP contribution in [0.5, 0.6) is 0 Å². The zero-order chi connectivity index (χ0) is 8.44. The van der Waals surface area contributed by atoms with Crippen LogP contribution >= 0.6 is 0 Å². The summed E-state index contributed by atoms with van der Waals surface area (Å²) in [4.78, 5) is 4.65. The fourth-order valence-electron chi connectivity index (χ4n) is 0.977. The Hall–Kier alpha value is -0.900. The van der Waals surface area contributed by atoms with Crippen LogP contribution in [0.25, 0.3) is 0 Å². The Labute approximate surface area is 71.3 Å². The molecule has 0 amide bonds. The number of benzene rings is 1. The van der Waals surface area contributed by atoms with Gasteiger partial charge in [-0.15, -0.1) is 0 Å². The van der Waals surface area contributed by atoms with Gasteiger partial charge in [0.1, 0.15) is 6.61 Å². The Morgan fingerprint density at radius 3 is 2.50 bits per heavy atom. The maximum Gasteiger partial charge on any atom is 0.161 e. The highest BCUT2D eigenvalue weighted by Gasteiger charge is 2.35. The second kappa shape index (κ2) is 2.86. The first-order chi connectivity index (χ1) is 5.79. The Morgan fingerprint density at radius 2 is 1.92 bits per heavy atom. The van der Waals surface area contributed by atoms with Gasteiger partial charge >= 0.3 is 0 Å². The molecule has 1 heterocycles. The second-order valence-corrected chi connectivity index (χ2v) is 3.02. The summed E-state index contributed by atoms with van der Waals surface area (Å²) in [6, 6.07) is 9.74. The number of nitrogens with zero attached hydrogens (tertiary/aromatic N) is 1. The molecule has 0 atom stereocenters. The molecule has 3 heteroatoms. The molecule has 12 heavy (non-hydrogen) atoms. The van der Waals surface area contributed by atoms with Crippen LogP contribution in [0.2, 0.25) is 0 Å². The van der Waals surface area contributed by atoms with E-state index in [0.717, 1.165) is 5.56 Å². The fourth-order valence-corrected chi connectivity index (χ4v) is 0.977. The molecule has 1 aliphatic rings. The average Bonchev–Trinajstić information content (AvgIpc) is 2.84. The molecule has 0 radical (unpaired) electrons. The van der Waals surface area contributed by atoms with Crippen molar-refractivity contribution in [3.05, 3.63) is 41.1 Å². The van der Waals surface area contributed by atoms with Crippen LogP contribution in [0.3, 0.4) is 0 Å². The van der Waals surface area contributed by atoms with Crippen molar-refractivity contribution in [2.45, 2.75) is 6.61 Å². The van der Waals surface area contributed by atoms with Crippen molar-refractivity contribution < 1.29 is 9.65 Å². The minimum atomic E-state index is -0.463. The topological polar surface area (TPSA) is 32.3 Å². The van der Waals surface area contributed by atoms with E-state index in [1.807, 2.05) is 30.3 Å². The van der Waals surface area contributed by atoms with Crippen molar-refractivity contribution in [2.24, 2.45) is 0 Å². The van der Waals surface area contributed by atoms with Crippen molar-refractivity contribution in [3.63, 3.8) is 0 Å². The SMILES string of the molecule is [O-][N+]1(OCc2ccccc2)CC1. The highest BCUT2D eigenvalue weighted by Crippen LogP contribution is 2.20. The van der Waals surface area contributed by atoms with Gasteiger partial charge in [0.25, 0.3) is 0 Å². The Balaban J connectivity index is 1.88. The normalized spacial score (nSPS) is 19.1. The molecule has 0 aliphatic carbocycles. The van der Waals surface area contributed by atoms with Gasteiger partial charge in [-0.3, -0.25) is 0 Å². The average molecular weight is 165 g/mol. The van der Waals surface area contributed by atoms with Crippen molar-refractivity contribution in [3.8, 4) is 0 Å². The van der Waals surface area contributed by atoms with E-state index >= 15 is 0 Å². The van der Waals surface area contributed by atoms with E-state index in [-0.39, 0.29) is 0 Å². The van der Waals surface area contributed by atoms with Crippen molar-refractivity contribution in [1.82, 2.24) is 0 Å². The standard InChI is InChI=1S/C9H11NO2/c11-10(6-7-10)12-8-9-4-2-1-3-5-9/h1-5H,6-8H2. The van der Waals surface area contributed by atoms with Crippen LogP contribution in [-0.4, -0.2) is 17.9 Å². The molecule has 1 fully saturated rings. The highest BCUT2D eigenvalue weighted by molar-refractivity contribution is 5.13. The maximum absolute atomic E-state index is 11.1. The summed E-state index contributed by atoms with van der Waals surface area (Å²) in [5.74, 6) is 0. The monoisotopic (exact) mass is 165 g/mol. The number of hydrogen-bond donors (Lipinski definition) is 0. The van der Waals surface area contributed by atoms with Crippen LogP contribution in [0, 0.1) is 5.21 Å². The minimum Gasteiger partial charge on any atom is -0.598 e. The third-order valence-electron chi connectivity index (χ3n) is 1.90. The van der Waals surface area contributed by atoms with Gasteiger partial charge in [-0.1, -0.05) is 30.3 Å². The summed E-state index contributed by atoms with van der Waals surface area (Å²) in [5.41, 5.74) is 1.05. The summed E-state index contributed by atoms with van der Waals surface area (Å²) < 4.78 is 0. The Morgan fingerprint density at radius 1 is 1.25 bits per heavy atom. The lowest BCUT2D eigenvalue weighted by atomic mass is 10.2. The molecule has 1 aromatic carbocycles. The van der Waals surface area contributed by atoms with Crippen LogP contribution in [0.15, 0.2) is 30.3 Å². The summed E-state index contributed by atoms with van der Waals surface area (Å²) in [6.45, 7) is 1.63. The zero-order valence-corrected chi connectivity index (χ0v) is 6.77. The van der Waals surface area contributed by atoms with Gasteiger partial charge in [-0.25, -0.2) is 4.81 Å².